The Hall–Kier alpha value is -3.60. The lowest BCUT2D eigenvalue weighted by molar-refractivity contribution is -0.203. The van der Waals surface area contributed by atoms with Gasteiger partial charge >= 0.3 is 23.9 Å². The molecule has 1 aromatic rings. The number of aromatic nitrogens is 2. The van der Waals surface area contributed by atoms with Crippen molar-refractivity contribution in [1.29, 1.82) is 0 Å². The van der Waals surface area contributed by atoms with Crippen LogP contribution in [0.25, 0.3) is 0 Å². The SMILES string of the molecule is COC(=O)C1(O)C/C(O)=C/C2(C)CC(=O)C(OC(=O)C(N)Cc3cnc[nH]3)=C(C)C2CC2(S)CC1(S)C(OC(=O)C=C(C)C)C(=O)O2. The number of aromatic amines is 1. The van der Waals surface area contributed by atoms with Gasteiger partial charge in [-0.1, -0.05) is 12.5 Å². The average molecular weight is 694 g/mol. The third-order valence-corrected chi connectivity index (χ3v) is 9.99. The first kappa shape index (κ1) is 36.2. The number of hydrogen-bond acceptors (Lipinski definition) is 15. The molecule has 4 rings (SSSR count). The predicted molar refractivity (Wildman–Crippen MR) is 171 cm³/mol. The number of nitrogens with zero attached hydrogens (tertiary/aromatic N) is 1. The zero-order chi connectivity index (χ0) is 35.1. The summed E-state index contributed by atoms with van der Waals surface area (Å²) in [5.74, 6) is -6.42. The van der Waals surface area contributed by atoms with Crippen LogP contribution in [0.5, 0.6) is 0 Å². The van der Waals surface area contributed by atoms with Crippen molar-refractivity contribution in [3.8, 4) is 0 Å². The highest BCUT2D eigenvalue weighted by Gasteiger charge is 2.69. The molecule has 1 aromatic heterocycles. The minimum atomic E-state index is -2.77. The van der Waals surface area contributed by atoms with E-state index in [-0.39, 0.29) is 30.6 Å². The van der Waals surface area contributed by atoms with Crippen LogP contribution in [0.3, 0.4) is 0 Å². The lowest BCUT2D eigenvalue weighted by Gasteiger charge is -2.54. The van der Waals surface area contributed by atoms with Crippen molar-refractivity contribution in [1.82, 2.24) is 9.97 Å². The summed E-state index contributed by atoms with van der Waals surface area (Å²) in [6.45, 7) is 6.45. The molecular formula is C31H39N3O11S2. The van der Waals surface area contributed by atoms with Gasteiger partial charge in [0.2, 0.25) is 6.10 Å². The molecule has 2 bridgehead atoms. The van der Waals surface area contributed by atoms with Crippen molar-refractivity contribution in [3.63, 3.8) is 0 Å². The van der Waals surface area contributed by atoms with E-state index in [0.29, 0.717) is 11.3 Å². The summed E-state index contributed by atoms with van der Waals surface area (Å²) >= 11 is 9.37. The highest BCUT2D eigenvalue weighted by atomic mass is 32.1. The molecule has 3 aliphatic rings. The largest absolute Gasteiger partial charge is 0.513 e. The molecular weight excluding hydrogens is 654 g/mol. The van der Waals surface area contributed by atoms with Crippen LogP contribution in [0.15, 0.2) is 47.3 Å². The van der Waals surface area contributed by atoms with Crippen LogP contribution < -0.4 is 5.73 Å². The van der Waals surface area contributed by atoms with Gasteiger partial charge < -0.3 is 39.9 Å². The Balaban J connectivity index is 1.81. The Morgan fingerprint density at radius 3 is 2.53 bits per heavy atom. The van der Waals surface area contributed by atoms with Crippen LogP contribution in [-0.2, 0) is 49.3 Å². The molecule has 0 spiro atoms. The van der Waals surface area contributed by atoms with Crippen molar-refractivity contribution in [2.45, 2.75) is 87.2 Å². The number of aliphatic hydroxyl groups excluding tert-OH is 1. The Bertz CT molecular complexity index is 1570. The van der Waals surface area contributed by atoms with Crippen molar-refractivity contribution < 1.29 is 53.1 Å². The molecule has 2 heterocycles. The molecule has 0 saturated carbocycles. The molecule has 1 aliphatic heterocycles. The number of carbonyl (C=O) groups is 5. The van der Waals surface area contributed by atoms with Gasteiger partial charge in [0.05, 0.1) is 19.2 Å². The van der Waals surface area contributed by atoms with Gasteiger partial charge in [-0.05, 0) is 38.3 Å². The maximum Gasteiger partial charge on any atom is 0.350 e. The van der Waals surface area contributed by atoms with E-state index < -0.39 is 87.0 Å². The number of thiol groups is 2. The molecule has 2 aliphatic carbocycles. The van der Waals surface area contributed by atoms with Crippen LogP contribution in [0, 0.1) is 11.3 Å². The Morgan fingerprint density at radius 2 is 1.94 bits per heavy atom. The molecule has 0 aromatic carbocycles. The number of hydrogen-bond donors (Lipinski definition) is 6. The van der Waals surface area contributed by atoms with E-state index in [9.17, 15) is 34.2 Å². The number of esters is 4. The van der Waals surface area contributed by atoms with Gasteiger partial charge in [-0.3, -0.25) is 4.79 Å². The van der Waals surface area contributed by atoms with E-state index in [0.717, 1.165) is 13.2 Å². The van der Waals surface area contributed by atoms with Crippen LogP contribution in [0.4, 0.5) is 0 Å². The molecule has 1 saturated heterocycles. The van der Waals surface area contributed by atoms with Gasteiger partial charge in [-0.25, -0.2) is 24.2 Å². The minimum absolute atomic E-state index is 0.0687. The minimum Gasteiger partial charge on any atom is -0.513 e. The van der Waals surface area contributed by atoms with Gasteiger partial charge in [0.1, 0.15) is 10.8 Å². The van der Waals surface area contributed by atoms with E-state index >= 15 is 0 Å². The second-order valence-corrected chi connectivity index (χ2v) is 14.5. The van der Waals surface area contributed by atoms with E-state index in [1.807, 2.05) is 0 Å². The number of rotatable bonds is 7. The third-order valence-electron chi connectivity index (χ3n) is 8.79. The number of ketones is 1. The first-order valence-corrected chi connectivity index (χ1v) is 15.6. The van der Waals surface area contributed by atoms with Gasteiger partial charge in [-0.2, -0.15) is 12.6 Å². The molecule has 1 fully saturated rings. The number of H-pyrrole nitrogens is 1. The molecule has 47 heavy (non-hydrogen) atoms. The maximum atomic E-state index is 13.7. The molecule has 14 nitrogen and oxygen atoms in total. The molecule has 0 amide bonds. The second-order valence-electron chi connectivity index (χ2n) is 12.9. The first-order chi connectivity index (χ1) is 21.8. The molecule has 256 valence electrons. The van der Waals surface area contributed by atoms with E-state index in [2.05, 4.69) is 22.6 Å². The summed E-state index contributed by atoms with van der Waals surface area (Å²) in [4.78, 5) is 71.0. The van der Waals surface area contributed by atoms with Crippen molar-refractivity contribution in [2.24, 2.45) is 17.1 Å². The predicted octanol–water partition coefficient (Wildman–Crippen LogP) is 1.95. The van der Waals surface area contributed by atoms with E-state index in [4.69, 9.17) is 37.3 Å². The van der Waals surface area contributed by atoms with Gasteiger partial charge in [-0.15, -0.1) is 12.6 Å². The summed E-state index contributed by atoms with van der Waals surface area (Å²) in [6, 6.07) is -1.13. The molecule has 5 N–H and O–H groups in total. The summed E-state index contributed by atoms with van der Waals surface area (Å²) < 4.78 is 19.4. The van der Waals surface area contributed by atoms with Crippen molar-refractivity contribution in [2.75, 3.05) is 7.11 Å². The fraction of sp³-hybridized carbons (Fsp3) is 0.548. The standard InChI is InChI=1S/C31H39N3O11S2/c1-15(2)6-22(37)43-24-26(39)45-29(46)10-19-16(3)23(44-25(38)20(32)7-17-12-33-14-34-17)21(36)11-28(19,4)8-18(35)9-30(41,27(40)42-5)31(24,47)13-29/h6,8,12,14,19-20,24,35,41,46-47H,7,9-11,13,32H2,1-5H3,(H,33,34)/b18-8-. The number of nitrogens with two attached hydrogens (primary N) is 1. The molecule has 16 heteroatoms. The fourth-order valence-electron chi connectivity index (χ4n) is 6.57. The molecule has 7 atom stereocenters. The zero-order valence-corrected chi connectivity index (χ0v) is 28.4. The average Bonchev–Trinajstić information content (AvgIpc) is 3.46. The van der Waals surface area contributed by atoms with Gasteiger partial charge in [0, 0.05) is 55.5 Å². The van der Waals surface area contributed by atoms with Crippen LogP contribution in [0.1, 0.15) is 59.1 Å². The summed E-state index contributed by atoms with van der Waals surface area (Å²) in [6.07, 6.45) is 1.65. The summed E-state index contributed by atoms with van der Waals surface area (Å²) in [5.41, 5.74) is 3.46. The number of carbonyl (C=O) groups excluding carboxylic acids is 5. The number of methoxy groups -OCH3 is 1. The highest BCUT2D eigenvalue weighted by Crippen LogP contribution is 2.56. The first-order valence-electron chi connectivity index (χ1n) is 14.7. The van der Waals surface area contributed by atoms with Crippen molar-refractivity contribution in [3.05, 3.63) is 53.0 Å². The van der Waals surface area contributed by atoms with Crippen LogP contribution in [-0.4, -0.2) is 84.4 Å². The number of nitrogens with one attached hydrogen (secondary N) is 1. The van der Waals surface area contributed by atoms with Gasteiger partial charge in [0.15, 0.2) is 22.1 Å². The Kier molecular flexibility index (Phi) is 10.1. The second kappa shape index (κ2) is 13.1. The topological polar surface area (TPSA) is 217 Å². The fourth-order valence-corrected chi connectivity index (χ4v) is 7.80. The Morgan fingerprint density at radius 1 is 1.26 bits per heavy atom. The Labute approximate surface area is 281 Å². The lowest BCUT2D eigenvalue weighted by atomic mass is 9.61. The third kappa shape index (κ3) is 7.00. The number of aliphatic hydroxyl groups is 2. The van der Waals surface area contributed by atoms with Crippen LogP contribution >= 0.6 is 25.3 Å². The quantitative estimate of drug-likeness (QED) is 0.104. The molecule has 0 radical (unpaired) electrons. The lowest BCUT2D eigenvalue weighted by Crippen LogP contribution is -2.70. The number of Topliss-reactive ketones (excluding diaryl/α,β-unsaturated/α-hetero) is 1. The number of allylic oxidation sites excluding steroid dienone is 4. The van der Waals surface area contributed by atoms with Crippen LogP contribution in [0.2, 0.25) is 0 Å². The number of ether oxygens (including phenoxy) is 4. The zero-order valence-electron chi connectivity index (χ0n) is 26.6. The van der Waals surface area contributed by atoms with E-state index in [1.54, 1.807) is 27.7 Å². The van der Waals surface area contributed by atoms with E-state index in [1.165, 1.54) is 18.6 Å². The maximum absolute atomic E-state index is 13.7. The highest BCUT2D eigenvalue weighted by molar-refractivity contribution is 7.83. The number of imidazole rings is 1. The monoisotopic (exact) mass is 693 g/mol. The number of fused-ring (bicyclic) bond motifs is 3. The molecule has 7 unspecified atom stereocenters. The van der Waals surface area contributed by atoms with Gasteiger partial charge in [0.25, 0.3) is 0 Å². The summed E-state index contributed by atoms with van der Waals surface area (Å²) in [7, 11) is 0.991. The van der Waals surface area contributed by atoms with Crippen molar-refractivity contribution >= 4 is 54.9 Å². The normalized spacial score (nSPS) is 34.1. The summed E-state index contributed by atoms with van der Waals surface area (Å²) in [5, 5.41) is 23.3. The smallest absolute Gasteiger partial charge is 0.350 e.